The predicted molar refractivity (Wildman–Crippen MR) is 98.0 cm³/mol. The number of carbonyl (C=O) groups excluding carboxylic acids is 1. The summed E-state index contributed by atoms with van der Waals surface area (Å²) in [6.45, 7) is 0. The number of hydrogen-bond acceptors (Lipinski definition) is 3. The first kappa shape index (κ1) is 18.5. The highest BCUT2D eigenvalue weighted by Gasteiger charge is 2.15. The fraction of sp³-hybridized carbons (Fsp3) is 0. The molecule has 0 spiro atoms. The summed E-state index contributed by atoms with van der Waals surface area (Å²) in [6, 6.07) is 16.3. The average Bonchev–Trinajstić information content (AvgIpc) is 2.62. The van der Waals surface area contributed by atoms with Gasteiger partial charge in [-0.25, -0.2) is 17.2 Å². The van der Waals surface area contributed by atoms with E-state index in [1.165, 1.54) is 24.3 Å². The molecule has 0 saturated carbocycles. The van der Waals surface area contributed by atoms with Gasteiger partial charge in [0.2, 0.25) is 0 Å². The molecular weight excluding hydrogens is 374 g/mol. The molecule has 3 aromatic rings. The summed E-state index contributed by atoms with van der Waals surface area (Å²) in [5.41, 5.74) is 0.515. The summed E-state index contributed by atoms with van der Waals surface area (Å²) >= 11 is 0. The zero-order valence-corrected chi connectivity index (χ0v) is 14.6. The molecule has 0 unspecified atom stereocenters. The van der Waals surface area contributed by atoms with E-state index in [4.69, 9.17) is 0 Å². The molecule has 0 bridgehead atoms. The van der Waals surface area contributed by atoms with Crippen LogP contribution >= 0.6 is 0 Å². The minimum atomic E-state index is -3.78. The number of benzene rings is 3. The van der Waals surface area contributed by atoms with E-state index in [-0.39, 0.29) is 16.1 Å². The van der Waals surface area contributed by atoms with Gasteiger partial charge in [-0.1, -0.05) is 18.2 Å². The Kier molecular flexibility index (Phi) is 5.18. The highest BCUT2D eigenvalue weighted by Crippen LogP contribution is 2.19. The summed E-state index contributed by atoms with van der Waals surface area (Å²) in [5, 5.41) is 2.45. The lowest BCUT2D eigenvalue weighted by molar-refractivity contribution is 0.102. The van der Waals surface area contributed by atoms with Gasteiger partial charge < -0.3 is 5.32 Å². The minimum Gasteiger partial charge on any atom is -0.322 e. The molecule has 0 aliphatic rings. The van der Waals surface area contributed by atoms with Crippen molar-refractivity contribution >= 4 is 27.3 Å². The third kappa shape index (κ3) is 4.68. The van der Waals surface area contributed by atoms with Crippen molar-refractivity contribution in [2.75, 3.05) is 10.0 Å². The number of para-hydroxylation sites is 1. The lowest BCUT2D eigenvalue weighted by Crippen LogP contribution is -2.14. The Morgan fingerprint density at radius 3 is 1.96 bits per heavy atom. The van der Waals surface area contributed by atoms with Crippen molar-refractivity contribution < 1.29 is 22.0 Å². The first-order chi connectivity index (χ1) is 12.8. The predicted octanol–water partition coefficient (Wildman–Crippen LogP) is 4.02. The van der Waals surface area contributed by atoms with Crippen LogP contribution in [0.15, 0.2) is 77.7 Å². The number of carbonyl (C=O) groups is 1. The van der Waals surface area contributed by atoms with Gasteiger partial charge in [-0.15, -0.1) is 0 Å². The maximum Gasteiger partial charge on any atom is 0.261 e. The third-order valence-corrected chi connectivity index (χ3v) is 4.97. The number of halogens is 2. The lowest BCUT2D eigenvalue weighted by atomic mass is 10.2. The Morgan fingerprint density at radius 1 is 0.778 bits per heavy atom. The summed E-state index contributed by atoms with van der Waals surface area (Å²) in [6.07, 6.45) is 0. The van der Waals surface area contributed by atoms with Gasteiger partial charge in [0.15, 0.2) is 0 Å². The Bertz CT molecular complexity index is 1050. The largest absolute Gasteiger partial charge is 0.322 e. The summed E-state index contributed by atoms with van der Waals surface area (Å²) < 4.78 is 53.5. The molecule has 0 saturated heterocycles. The first-order valence-corrected chi connectivity index (χ1v) is 9.27. The number of sulfonamides is 1. The molecule has 138 valence electrons. The molecule has 1 amide bonds. The highest BCUT2D eigenvalue weighted by atomic mass is 32.2. The van der Waals surface area contributed by atoms with Gasteiger partial charge in [0.25, 0.3) is 15.9 Å². The van der Waals surface area contributed by atoms with E-state index in [1.807, 2.05) is 0 Å². The molecular formula is C19H14F2N2O3S. The molecule has 2 N–H and O–H groups in total. The molecule has 0 heterocycles. The number of nitrogens with one attached hydrogen (secondary N) is 2. The van der Waals surface area contributed by atoms with Crippen LogP contribution in [0.4, 0.5) is 20.2 Å². The summed E-state index contributed by atoms with van der Waals surface area (Å²) in [4.78, 5) is 12.1. The zero-order valence-electron chi connectivity index (χ0n) is 13.8. The smallest absolute Gasteiger partial charge is 0.261 e. The summed E-state index contributed by atoms with van der Waals surface area (Å²) in [5.74, 6) is -2.45. The van der Waals surface area contributed by atoms with Crippen LogP contribution in [-0.2, 0) is 10.0 Å². The van der Waals surface area contributed by atoms with Gasteiger partial charge in [-0.05, 0) is 48.5 Å². The van der Waals surface area contributed by atoms with Crippen LogP contribution in [0, 0.1) is 11.6 Å². The highest BCUT2D eigenvalue weighted by molar-refractivity contribution is 7.92. The second kappa shape index (κ2) is 7.55. The van der Waals surface area contributed by atoms with Gasteiger partial charge >= 0.3 is 0 Å². The first-order valence-electron chi connectivity index (χ1n) is 7.79. The number of rotatable bonds is 5. The Balaban J connectivity index is 1.74. The fourth-order valence-corrected chi connectivity index (χ4v) is 3.38. The van der Waals surface area contributed by atoms with Gasteiger partial charge in [0.05, 0.1) is 4.90 Å². The van der Waals surface area contributed by atoms with E-state index >= 15 is 0 Å². The van der Waals surface area contributed by atoms with Crippen molar-refractivity contribution in [3.05, 3.63) is 90.0 Å². The van der Waals surface area contributed by atoms with Crippen LogP contribution in [0.2, 0.25) is 0 Å². The number of amides is 1. The SMILES string of the molecule is O=C(Nc1ccc(S(=O)(=O)Nc2ccccc2)cc1)c1cc(F)cc(F)c1. The standard InChI is InChI=1S/C19H14F2N2O3S/c20-14-10-13(11-15(21)12-14)19(24)22-16-6-8-18(9-7-16)27(25,26)23-17-4-2-1-3-5-17/h1-12,23H,(H,22,24). The van der Waals surface area contributed by atoms with Crippen LogP contribution in [0.3, 0.4) is 0 Å². The van der Waals surface area contributed by atoms with Gasteiger partial charge in [0.1, 0.15) is 11.6 Å². The van der Waals surface area contributed by atoms with Crippen LogP contribution in [-0.4, -0.2) is 14.3 Å². The molecule has 0 aromatic heterocycles. The van der Waals surface area contributed by atoms with Crippen molar-refractivity contribution in [2.45, 2.75) is 4.90 Å². The quantitative estimate of drug-likeness (QED) is 0.693. The molecule has 0 radical (unpaired) electrons. The molecule has 0 fully saturated rings. The van der Waals surface area contributed by atoms with Crippen LogP contribution in [0.25, 0.3) is 0 Å². The van der Waals surface area contributed by atoms with Crippen LogP contribution in [0.1, 0.15) is 10.4 Å². The van der Waals surface area contributed by atoms with E-state index in [0.717, 1.165) is 12.1 Å². The van der Waals surface area contributed by atoms with Gasteiger partial charge in [-0.3, -0.25) is 9.52 Å². The lowest BCUT2D eigenvalue weighted by Gasteiger charge is -2.09. The molecule has 0 aliphatic carbocycles. The van der Waals surface area contributed by atoms with Gasteiger partial charge in [-0.2, -0.15) is 0 Å². The normalized spacial score (nSPS) is 11.0. The average molecular weight is 388 g/mol. The minimum absolute atomic E-state index is 0.00107. The molecule has 3 aromatic carbocycles. The van der Waals surface area contributed by atoms with E-state index in [1.54, 1.807) is 30.3 Å². The van der Waals surface area contributed by atoms with Crippen molar-refractivity contribution in [3.63, 3.8) is 0 Å². The molecule has 27 heavy (non-hydrogen) atoms. The maximum absolute atomic E-state index is 13.2. The second-order valence-corrected chi connectivity index (χ2v) is 7.29. The molecule has 5 nitrogen and oxygen atoms in total. The van der Waals surface area contributed by atoms with Crippen molar-refractivity contribution in [3.8, 4) is 0 Å². The van der Waals surface area contributed by atoms with Crippen molar-refractivity contribution in [2.24, 2.45) is 0 Å². The Morgan fingerprint density at radius 2 is 1.37 bits per heavy atom. The zero-order chi connectivity index (χ0) is 19.4. The van der Waals surface area contributed by atoms with Crippen LogP contribution in [0.5, 0.6) is 0 Å². The van der Waals surface area contributed by atoms with Crippen molar-refractivity contribution in [1.82, 2.24) is 0 Å². The molecule has 0 atom stereocenters. The number of hydrogen-bond donors (Lipinski definition) is 2. The van der Waals surface area contributed by atoms with Crippen molar-refractivity contribution in [1.29, 1.82) is 0 Å². The summed E-state index contributed by atoms with van der Waals surface area (Å²) in [7, 11) is -3.78. The topological polar surface area (TPSA) is 75.3 Å². The second-order valence-electron chi connectivity index (χ2n) is 5.61. The molecule has 0 aliphatic heterocycles. The van der Waals surface area contributed by atoms with E-state index in [2.05, 4.69) is 10.0 Å². The maximum atomic E-state index is 13.2. The Labute approximate surface area is 154 Å². The molecule has 8 heteroatoms. The van der Waals surface area contributed by atoms with Crippen LogP contribution < -0.4 is 10.0 Å². The van der Waals surface area contributed by atoms with E-state index in [0.29, 0.717) is 11.8 Å². The number of anilines is 2. The van der Waals surface area contributed by atoms with E-state index < -0.39 is 27.6 Å². The monoisotopic (exact) mass is 388 g/mol. The fourth-order valence-electron chi connectivity index (χ4n) is 2.33. The Hall–Kier alpha value is -3.26. The van der Waals surface area contributed by atoms with E-state index in [9.17, 15) is 22.0 Å². The van der Waals surface area contributed by atoms with Gasteiger partial charge in [0, 0.05) is 23.0 Å². The third-order valence-electron chi connectivity index (χ3n) is 3.57. The molecule has 3 rings (SSSR count).